The standard InChI is InChI=1S/C33H54O6/c1-19(2)7-6-8-20(3)24-11-12-25-23-10-9-21-17-22(13-15-32(21,4)26(23)14-16-33(24,25)5)38-31-30(37)29(36)28(35)27(18-34)39-31/h7,9,20,22-31,34-37H,6,8,10-18H2,1-5H3/t20-,22+,23+,24-,25+,26+,27-,28-,29+,30-,31-,32+,33-/m1/s1. The van der Waals surface area contributed by atoms with Crippen molar-refractivity contribution in [3.05, 3.63) is 23.3 Å². The lowest BCUT2D eigenvalue weighted by molar-refractivity contribution is -0.313. The molecule has 0 amide bonds. The minimum Gasteiger partial charge on any atom is -0.394 e. The molecule has 6 heteroatoms. The molecule has 0 bridgehead atoms. The van der Waals surface area contributed by atoms with Crippen LogP contribution in [0.3, 0.4) is 0 Å². The van der Waals surface area contributed by atoms with Crippen molar-refractivity contribution in [2.75, 3.05) is 6.61 Å². The van der Waals surface area contributed by atoms with Gasteiger partial charge in [0.2, 0.25) is 0 Å². The summed E-state index contributed by atoms with van der Waals surface area (Å²) in [5.41, 5.74) is 3.60. The van der Waals surface area contributed by atoms with Gasteiger partial charge in [0.25, 0.3) is 0 Å². The molecule has 13 atom stereocenters. The highest BCUT2D eigenvalue weighted by Gasteiger charge is 2.59. The van der Waals surface area contributed by atoms with Crippen LogP contribution in [0.25, 0.3) is 0 Å². The summed E-state index contributed by atoms with van der Waals surface area (Å²) < 4.78 is 11.8. The maximum atomic E-state index is 10.5. The monoisotopic (exact) mass is 546 g/mol. The van der Waals surface area contributed by atoms with Crippen LogP contribution in [-0.2, 0) is 9.47 Å². The molecule has 1 saturated heterocycles. The summed E-state index contributed by atoms with van der Waals surface area (Å²) in [5.74, 6) is 3.95. The van der Waals surface area contributed by atoms with Gasteiger partial charge in [-0.1, -0.05) is 44.1 Å². The molecule has 0 unspecified atom stereocenters. The number of hydrogen-bond acceptors (Lipinski definition) is 6. The summed E-state index contributed by atoms with van der Waals surface area (Å²) in [6, 6.07) is 0. The predicted octanol–water partition coefficient (Wildman–Crippen LogP) is 5.13. The maximum Gasteiger partial charge on any atom is 0.186 e. The van der Waals surface area contributed by atoms with Crippen LogP contribution >= 0.6 is 0 Å². The Morgan fingerprint density at radius 3 is 2.54 bits per heavy atom. The molecule has 5 rings (SSSR count). The molecule has 6 nitrogen and oxygen atoms in total. The Hall–Kier alpha value is -0.760. The molecule has 1 aliphatic heterocycles. The molecular formula is C33H54O6. The molecule has 0 aromatic rings. The summed E-state index contributed by atoms with van der Waals surface area (Å²) in [6.07, 6.45) is 10.7. The minimum atomic E-state index is -1.40. The van der Waals surface area contributed by atoms with Crippen LogP contribution in [0.15, 0.2) is 23.3 Å². The average molecular weight is 547 g/mol. The molecule has 4 aliphatic carbocycles. The van der Waals surface area contributed by atoms with Gasteiger partial charge in [-0.15, -0.1) is 0 Å². The molecule has 4 fully saturated rings. The zero-order valence-corrected chi connectivity index (χ0v) is 24.9. The SMILES string of the molecule is CC(C)=CCC[C@@H](C)[C@H]1CC[C@H]2[C@@H]3CC=C4C[C@@H](O[C@@H]5O[C@H](CO)[C@@H](O)[C@H](O)[C@H]5O)CC[C@]4(C)[C@H]3CC[C@]12C. The van der Waals surface area contributed by atoms with Gasteiger partial charge in [0.05, 0.1) is 12.7 Å². The van der Waals surface area contributed by atoms with Crippen molar-refractivity contribution < 1.29 is 29.9 Å². The highest BCUT2D eigenvalue weighted by atomic mass is 16.7. The van der Waals surface area contributed by atoms with Crippen molar-refractivity contribution in [2.24, 2.45) is 40.4 Å². The van der Waals surface area contributed by atoms with Crippen LogP contribution in [0.1, 0.15) is 98.8 Å². The van der Waals surface area contributed by atoms with E-state index in [1.54, 1.807) is 0 Å². The molecular weight excluding hydrogens is 492 g/mol. The summed E-state index contributed by atoms with van der Waals surface area (Å²) >= 11 is 0. The average Bonchev–Trinajstić information content (AvgIpc) is 3.26. The van der Waals surface area contributed by atoms with Crippen molar-refractivity contribution in [3.8, 4) is 0 Å². The second kappa shape index (κ2) is 11.5. The number of hydrogen-bond donors (Lipinski definition) is 4. The zero-order chi connectivity index (χ0) is 28.1. The van der Waals surface area contributed by atoms with E-state index in [2.05, 4.69) is 46.8 Å². The Bertz CT molecular complexity index is 925. The Morgan fingerprint density at radius 2 is 1.82 bits per heavy atom. The summed E-state index contributed by atoms with van der Waals surface area (Å²) in [6.45, 7) is 11.6. The van der Waals surface area contributed by atoms with Gasteiger partial charge in [-0.05, 0) is 118 Å². The number of fused-ring (bicyclic) bond motifs is 5. The molecule has 0 radical (unpaired) electrons. The Balaban J connectivity index is 1.25. The molecule has 1 heterocycles. The van der Waals surface area contributed by atoms with E-state index >= 15 is 0 Å². The van der Waals surface area contributed by atoms with Gasteiger partial charge in [0.15, 0.2) is 6.29 Å². The minimum absolute atomic E-state index is 0.103. The van der Waals surface area contributed by atoms with E-state index in [1.807, 2.05) is 0 Å². The first-order valence-corrected chi connectivity index (χ1v) is 15.8. The first kappa shape index (κ1) is 29.7. The molecule has 5 aliphatic rings. The number of ether oxygens (including phenoxy) is 2. The van der Waals surface area contributed by atoms with Crippen LogP contribution < -0.4 is 0 Å². The molecule has 0 spiro atoms. The van der Waals surface area contributed by atoms with E-state index in [0.29, 0.717) is 5.41 Å². The molecule has 39 heavy (non-hydrogen) atoms. The summed E-state index contributed by atoms with van der Waals surface area (Å²) in [7, 11) is 0. The van der Waals surface area contributed by atoms with Gasteiger partial charge < -0.3 is 29.9 Å². The second-order valence-electron chi connectivity index (χ2n) is 14.5. The lowest BCUT2D eigenvalue weighted by Gasteiger charge is -2.58. The van der Waals surface area contributed by atoms with E-state index in [-0.39, 0.29) is 11.5 Å². The largest absolute Gasteiger partial charge is 0.394 e. The fraction of sp³-hybridized carbons (Fsp3) is 0.879. The third-order valence-electron chi connectivity index (χ3n) is 12.2. The first-order chi connectivity index (χ1) is 18.5. The van der Waals surface area contributed by atoms with E-state index in [0.717, 1.165) is 48.9 Å². The van der Waals surface area contributed by atoms with Crippen molar-refractivity contribution in [2.45, 2.75) is 136 Å². The smallest absolute Gasteiger partial charge is 0.186 e. The van der Waals surface area contributed by atoms with Crippen molar-refractivity contribution in [1.82, 2.24) is 0 Å². The molecule has 3 saturated carbocycles. The Morgan fingerprint density at radius 1 is 1.05 bits per heavy atom. The molecule has 0 aromatic carbocycles. The molecule has 222 valence electrons. The first-order valence-electron chi connectivity index (χ1n) is 15.8. The number of aliphatic hydroxyl groups excluding tert-OH is 4. The molecule has 0 aromatic heterocycles. The number of aliphatic hydroxyl groups is 4. The Labute approximate surface area is 235 Å². The quantitative estimate of drug-likeness (QED) is 0.330. The van der Waals surface area contributed by atoms with Crippen LogP contribution in [0, 0.1) is 40.4 Å². The summed E-state index contributed by atoms with van der Waals surface area (Å²) in [5, 5.41) is 40.3. The van der Waals surface area contributed by atoms with Gasteiger partial charge in [-0.3, -0.25) is 0 Å². The van der Waals surface area contributed by atoms with Gasteiger partial charge in [0, 0.05) is 0 Å². The lowest BCUT2D eigenvalue weighted by Crippen LogP contribution is -2.60. The second-order valence-corrected chi connectivity index (χ2v) is 14.5. The third-order valence-corrected chi connectivity index (χ3v) is 12.2. The Kier molecular flexibility index (Phi) is 8.76. The topological polar surface area (TPSA) is 99.4 Å². The lowest BCUT2D eigenvalue weighted by atomic mass is 9.47. The number of allylic oxidation sites excluding steroid dienone is 3. The van der Waals surface area contributed by atoms with Gasteiger partial charge in [0.1, 0.15) is 24.4 Å². The van der Waals surface area contributed by atoms with Crippen LogP contribution in [0.5, 0.6) is 0 Å². The van der Waals surface area contributed by atoms with E-state index in [1.165, 1.54) is 56.1 Å². The normalized spacial score (nSPS) is 48.4. The van der Waals surface area contributed by atoms with Gasteiger partial charge >= 0.3 is 0 Å². The zero-order valence-electron chi connectivity index (χ0n) is 24.9. The van der Waals surface area contributed by atoms with Crippen molar-refractivity contribution >= 4 is 0 Å². The highest BCUT2D eigenvalue weighted by molar-refractivity contribution is 5.25. The predicted molar refractivity (Wildman–Crippen MR) is 152 cm³/mol. The van der Waals surface area contributed by atoms with E-state index in [9.17, 15) is 20.4 Å². The van der Waals surface area contributed by atoms with Crippen LogP contribution in [-0.4, -0.2) is 63.8 Å². The highest BCUT2D eigenvalue weighted by Crippen LogP contribution is 2.67. The third kappa shape index (κ3) is 5.32. The summed E-state index contributed by atoms with van der Waals surface area (Å²) in [4.78, 5) is 0. The van der Waals surface area contributed by atoms with Crippen LogP contribution in [0.4, 0.5) is 0 Å². The maximum absolute atomic E-state index is 10.5. The van der Waals surface area contributed by atoms with Crippen LogP contribution in [0.2, 0.25) is 0 Å². The fourth-order valence-corrected chi connectivity index (χ4v) is 9.92. The van der Waals surface area contributed by atoms with Crippen molar-refractivity contribution in [1.29, 1.82) is 0 Å². The molecule has 4 N–H and O–H groups in total. The fourth-order valence-electron chi connectivity index (χ4n) is 9.92. The van der Waals surface area contributed by atoms with E-state index in [4.69, 9.17) is 9.47 Å². The van der Waals surface area contributed by atoms with Gasteiger partial charge in [-0.25, -0.2) is 0 Å². The van der Waals surface area contributed by atoms with Gasteiger partial charge in [-0.2, -0.15) is 0 Å². The number of rotatable bonds is 7. The van der Waals surface area contributed by atoms with E-state index < -0.39 is 37.3 Å². The van der Waals surface area contributed by atoms with Crippen molar-refractivity contribution in [3.63, 3.8) is 0 Å².